The normalized spacial score (nSPS) is 12.8. The van der Waals surface area contributed by atoms with E-state index in [4.69, 9.17) is 0 Å². The summed E-state index contributed by atoms with van der Waals surface area (Å²) in [7, 11) is 4.15. The van der Waals surface area contributed by atoms with Crippen LogP contribution in [0.4, 0.5) is 4.39 Å². The molecule has 1 atom stereocenters. The Balaban J connectivity index is 2.09. The fraction of sp³-hybridized carbons (Fsp3) is 0.400. The molecular formula is C20H27FN2O. The second-order valence-corrected chi connectivity index (χ2v) is 6.45. The minimum Gasteiger partial charge on any atom is -0.395 e. The van der Waals surface area contributed by atoms with E-state index >= 15 is 0 Å². The average molecular weight is 330 g/mol. The van der Waals surface area contributed by atoms with E-state index < -0.39 is 0 Å². The molecule has 0 amide bonds. The van der Waals surface area contributed by atoms with Gasteiger partial charge in [-0.2, -0.15) is 0 Å². The van der Waals surface area contributed by atoms with Gasteiger partial charge in [-0.1, -0.05) is 36.4 Å². The number of halogens is 1. The molecule has 0 fully saturated rings. The highest BCUT2D eigenvalue weighted by Crippen LogP contribution is 2.19. The first-order chi connectivity index (χ1) is 11.5. The van der Waals surface area contributed by atoms with Gasteiger partial charge in [0.25, 0.3) is 0 Å². The molecule has 1 unspecified atom stereocenters. The van der Waals surface area contributed by atoms with Crippen molar-refractivity contribution >= 4 is 0 Å². The van der Waals surface area contributed by atoms with Crippen molar-refractivity contribution in [3.05, 3.63) is 71.0 Å². The third-order valence-corrected chi connectivity index (χ3v) is 4.35. The van der Waals surface area contributed by atoms with Crippen LogP contribution in [0.5, 0.6) is 0 Å². The smallest absolute Gasteiger partial charge is 0.123 e. The van der Waals surface area contributed by atoms with Gasteiger partial charge in [-0.3, -0.25) is 4.90 Å². The quantitative estimate of drug-likeness (QED) is 0.803. The van der Waals surface area contributed by atoms with Gasteiger partial charge in [0.15, 0.2) is 0 Å². The fourth-order valence-corrected chi connectivity index (χ4v) is 2.71. The summed E-state index contributed by atoms with van der Waals surface area (Å²) in [5.41, 5.74) is 3.54. The molecule has 2 aromatic rings. The van der Waals surface area contributed by atoms with E-state index in [1.165, 1.54) is 23.3 Å². The van der Waals surface area contributed by atoms with Crippen LogP contribution in [0, 0.1) is 5.82 Å². The van der Waals surface area contributed by atoms with Crippen LogP contribution >= 0.6 is 0 Å². The molecule has 4 heteroatoms. The summed E-state index contributed by atoms with van der Waals surface area (Å²) in [4.78, 5) is 4.36. The molecule has 2 rings (SSSR count). The van der Waals surface area contributed by atoms with Gasteiger partial charge in [0.1, 0.15) is 5.82 Å². The molecule has 0 aliphatic heterocycles. The third-order valence-electron chi connectivity index (χ3n) is 4.35. The van der Waals surface area contributed by atoms with Crippen LogP contribution < -0.4 is 0 Å². The molecule has 1 N–H and O–H groups in total. The van der Waals surface area contributed by atoms with Crippen LogP contribution in [-0.2, 0) is 13.1 Å². The van der Waals surface area contributed by atoms with Crippen molar-refractivity contribution in [2.45, 2.75) is 26.1 Å². The van der Waals surface area contributed by atoms with Gasteiger partial charge < -0.3 is 10.0 Å². The van der Waals surface area contributed by atoms with Crippen LogP contribution in [-0.4, -0.2) is 42.2 Å². The molecule has 0 spiro atoms. The maximum absolute atomic E-state index is 13.0. The van der Waals surface area contributed by atoms with Crippen molar-refractivity contribution in [3.63, 3.8) is 0 Å². The van der Waals surface area contributed by atoms with Gasteiger partial charge in [-0.15, -0.1) is 0 Å². The summed E-state index contributed by atoms with van der Waals surface area (Å²) in [6, 6.07) is 15.5. The molecule has 130 valence electrons. The molecule has 0 heterocycles. The number of hydrogen-bond acceptors (Lipinski definition) is 3. The molecule has 3 nitrogen and oxygen atoms in total. The van der Waals surface area contributed by atoms with E-state index in [9.17, 15) is 9.50 Å². The largest absolute Gasteiger partial charge is 0.395 e. The zero-order chi connectivity index (χ0) is 17.5. The number of aliphatic hydroxyl groups excluding tert-OH is 1. The molecule has 0 saturated heterocycles. The lowest BCUT2D eigenvalue weighted by Gasteiger charge is -2.24. The number of aliphatic hydroxyl groups is 1. The van der Waals surface area contributed by atoms with Crippen LogP contribution in [0.1, 0.15) is 29.7 Å². The Morgan fingerprint density at radius 3 is 2.29 bits per heavy atom. The van der Waals surface area contributed by atoms with Gasteiger partial charge >= 0.3 is 0 Å². The van der Waals surface area contributed by atoms with E-state index in [1.807, 2.05) is 0 Å². The first-order valence-electron chi connectivity index (χ1n) is 8.32. The van der Waals surface area contributed by atoms with Gasteiger partial charge in [-0.25, -0.2) is 4.39 Å². The average Bonchev–Trinajstić information content (AvgIpc) is 2.56. The second kappa shape index (κ2) is 8.92. The minimum absolute atomic E-state index is 0.106. The van der Waals surface area contributed by atoms with Gasteiger partial charge in [0.05, 0.1) is 6.61 Å². The van der Waals surface area contributed by atoms with Crippen molar-refractivity contribution in [3.8, 4) is 0 Å². The lowest BCUT2D eigenvalue weighted by Crippen LogP contribution is -2.26. The van der Waals surface area contributed by atoms with E-state index in [0.29, 0.717) is 19.1 Å². The predicted octanol–water partition coefficient (Wildman–Crippen LogP) is 3.44. The van der Waals surface area contributed by atoms with Crippen LogP contribution in [0.25, 0.3) is 0 Å². The van der Waals surface area contributed by atoms with Crippen molar-refractivity contribution in [1.29, 1.82) is 0 Å². The Hall–Kier alpha value is -1.75. The van der Waals surface area contributed by atoms with Gasteiger partial charge in [0, 0.05) is 25.7 Å². The van der Waals surface area contributed by atoms with Gasteiger partial charge in [0.2, 0.25) is 0 Å². The lowest BCUT2D eigenvalue weighted by atomic mass is 10.0. The van der Waals surface area contributed by atoms with Gasteiger partial charge in [-0.05, 0) is 49.8 Å². The van der Waals surface area contributed by atoms with Crippen molar-refractivity contribution in [1.82, 2.24) is 9.80 Å². The highest BCUT2D eigenvalue weighted by molar-refractivity contribution is 5.26. The molecule has 0 aliphatic carbocycles. The number of rotatable bonds is 8. The fourth-order valence-electron chi connectivity index (χ4n) is 2.71. The molecule has 0 saturated carbocycles. The summed E-state index contributed by atoms with van der Waals surface area (Å²) in [6.45, 7) is 4.32. The van der Waals surface area contributed by atoms with Crippen molar-refractivity contribution < 1.29 is 9.50 Å². The third kappa shape index (κ3) is 5.41. The summed E-state index contributed by atoms with van der Waals surface area (Å²) < 4.78 is 13.0. The molecule has 0 aliphatic rings. The summed E-state index contributed by atoms with van der Waals surface area (Å²) >= 11 is 0. The molecule has 0 radical (unpaired) electrons. The monoisotopic (exact) mass is 330 g/mol. The van der Waals surface area contributed by atoms with Crippen LogP contribution in [0.3, 0.4) is 0 Å². The lowest BCUT2D eigenvalue weighted by molar-refractivity contribution is 0.184. The minimum atomic E-state index is -0.224. The predicted molar refractivity (Wildman–Crippen MR) is 96.1 cm³/mol. The highest BCUT2D eigenvalue weighted by Gasteiger charge is 2.11. The zero-order valence-electron chi connectivity index (χ0n) is 14.7. The second-order valence-electron chi connectivity index (χ2n) is 6.45. The maximum Gasteiger partial charge on any atom is 0.123 e. The van der Waals surface area contributed by atoms with Crippen molar-refractivity contribution in [2.75, 3.05) is 27.2 Å². The van der Waals surface area contributed by atoms with Crippen LogP contribution in [0.15, 0.2) is 48.5 Å². The summed E-state index contributed by atoms with van der Waals surface area (Å²) in [5, 5.41) is 9.34. The summed E-state index contributed by atoms with van der Waals surface area (Å²) in [5.74, 6) is -0.224. The van der Waals surface area contributed by atoms with Crippen LogP contribution in [0.2, 0.25) is 0 Å². The number of benzene rings is 2. The van der Waals surface area contributed by atoms with E-state index in [2.05, 4.69) is 55.1 Å². The summed E-state index contributed by atoms with van der Waals surface area (Å²) in [6.07, 6.45) is 0. The topological polar surface area (TPSA) is 26.7 Å². The number of nitrogens with zero attached hydrogens (tertiary/aromatic N) is 2. The first kappa shape index (κ1) is 18.6. The Labute approximate surface area is 144 Å². The molecule has 2 aromatic carbocycles. The molecular weight excluding hydrogens is 303 g/mol. The molecule has 24 heavy (non-hydrogen) atoms. The van der Waals surface area contributed by atoms with E-state index in [-0.39, 0.29) is 12.4 Å². The standard InChI is InChI=1S/C20H27FN2O/c1-16(22(2)3)19-6-4-5-18(13-19)15-23(11-12-24)14-17-7-9-20(21)10-8-17/h4-10,13,16,24H,11-12,14-15H2,1-3H3. The Kier molecular flexibility index (Phi) is 6.91. The Morgan fingerprint density at radius 2 is 1.67 bits per heavy atom. The first-order valence-corrected chi connectivity index (χ1v) is 8.32. The van der Waals surface area contributed by atoms with E-state index in [1.54, 1.807) is 12.1 Å². The zero-order valence-corrected chi connectivity index (χ0v) is 14.7. The Morgan fingerprint density at radius 1 is 1.00 bits per heavy atom. The number of hydrogen-bond donors (Lipinski definition) is 1. The SMILES string of the molecule is CC(c1cccc(CN(CCO)Cc2ccc(F)cc2)c1)N(C)C. The van der Waals surface area contributed by atoms with E-state index in [0.717, 1.165) is 12.1 Å². The maximum atomic E-state index is 13.0. The van der Waals surface area contributed by atoms with Crippen molar-refractivity contribution in [2.24, 2.45) is 0 Å². The highest BCUT2D eigenvalue weighted by atomic mass is 19.1. The molecule has 0 bridgehead atoms. The Bertz CT molecular complexity index is 628. The molecule has 0 aromatic heterocycles.